The Kier molecular flexibility index (Phi) is 5.69. The normalized spacial score (nSPS) is 10.2. The number of ether oxygens (including phenoxy) is 2. The van der Waals surface area contributed by atoms with Crippen LogP contribution in [0.15, 0.2) is 66.5 Å². The van der Waals surface area contributed by atoms with E-state index < -0.39 is 5.97 Å². The molecule has 142 valence electrons. The first-order valence-corrected chi connectivity index (χ1v) is 8.68. The number of aryl methyl sites for hydroxylation is 1. The van der Waals surface area contributed by atoms with Gasteiger partial charge in [-0.15, -0.1) is 0 Å². The molecule has 1 N–H and O–H groups in total. The Labute approximate surface area is 163 Å². The molecule has 0 amide bonds. The first-order valence-electron chi connectivity index (χ1n) is 8.68. The highest BCUT2D eigenvalue weighted by Crippen LogP contribution is 2.33. The van der Waals surface area contributed by atoms with Gasteiger partial charge in [-0.1, -0.05) is 29.8 Å². The van der Waals surface area contributed by atoms with E-state index >= 15 is 0 Å². The molecule has 0 spiro atoms. The van der Waals surface area contributed by atoms with E-state index in [1.165, 1.54) is 0 Å². The molecule has 2 aromatic carbocycles. The zero-order chi connectivity index (χ0) is 20.1. The van der Waals surface area contributed by atoms with Gasteiger partial charge in [-0.25, -0.2) is 14.8 Å². The van der Waals surface area contributed by atoms with Crippen molar-refractivity contribution < 1.29 is 19.4 Å². The fraction of sp³-hybridized carbons (Fsp3) is 0.136. The van der Waals surface area contributed by atoms with E-state index in [0.717, 1.165) is 5.56 Å². The highest BCUT2D eigenvalue weighted by molar-refractivity contribution is 6.17. The minimum Gasteiger partial charge on any atom is -0.478 e. The summed E-state index contributed by atoms with van der Waals surface area (Å²) in [6.45, 7) is 5.42. The monoisotopic (exact) mass is 376 g/mol. The lowest BCUT2D eigenvalue weighted by Crippen LogP contribution is -2.03. The average molecular weight is 376 g/mol. The third-order valence-corrected chi connectivity index (χ3v) is 3.87. The molecule has 0 saturated heterocycles. The average Bonchev–Trinajstić information content (AvgIpc) is 2.65. The maximum Gasteiger partial charge on any atom is 0.336 e. The van der Waals surface area contributed by atoms with Crippen LogP contribution >= 0.6 is 0 Å². The second-order valence-corrected chi connectivity index (χ2v) is 6.40. The van der Waals surface area contributed by atoms with Crippen LogP contribution in [0.3, 0.4) is 0 Å². The second kappa shape index (κ2) is 8.35. The van der Waals surface area contributed by atoms with Gasteiger partial charge in [0.05, 0.1) is 5.57 Å². The molecule has 3 aromatic rings. The maximum absolute atomic E-state index is 11.7. The van der Waals surface area contributed by atoms with Gasteiger partial charge >= 0.3 is 12.0 Å². The van der Waals surface area contributed by atoms with Crippen molar-refractivity contribution in [1.82, 2.24) is 9.97 Å². The number of aromatic nitrogens is 2. The van der Waals surface area contributed by atoms with Crippen LogP contribution in [0.5, 0.6) is 23.3 Å². The Hall–Kier alpha value is -3.67. The summed E-state index contributed by atoms with van der Waals surface area (Å²) < 4.78 is 11.6. The molecule has 1 heterocycles. The number of allylic oxidation sites excluding steroid dienone is 1. The lowest BCUT2D eigenvalue weighted by molar-refractivity contribution is -0.130. The second-order valence-electron chi connectivity index (χ2n) is 6.40. The van der Waals surface area contributed by atoms with Crippen LogP contribution in [0.1, 0.15) is 25.0 Å². The van der Waals surface area contributed by atoms with Gasteiger partial charge in [-0.2, -0.15) is 0 Å². The highest BCUT2D eigenvalue weighted by atomic mass is 16.5. The molecule has 6 nitrogen and oxygen atoms in total. The molecule has 0 unspecified atom stereocenters. The lowest BCUT2D eigenvalue weighted by Gasteiger charge is -2.13. The molecule has 3 rings (SSSR count). The molecule has 0 fully saturated rings. The molecule has 0 radical (unpaired) electrons. The molecule has 0 aliphatic carbocycles. The summed E-state index contributed by atoms with van der Waals surface area (Å²) in [5.74, 6) is 0.476. The zero-order valence-electron chi connectivity index (χ0n) is 15.8. The van der Waals surface area contributed by atoms with Crippen molar-refractivity contribution in [1.29, 1.82) is 0 Å². The molecule has 0 aliphatic rings. The van der Waals surface area contributed by atoms with Gasteiger partial charge in [-0.3, -0.25) is 0 Å². The van der Waals surface area contributed by atoms with Crippen LogP contribution in [0, 0.1) is 6.92 Å². The number of hydrogen-bond donors (Lipinski definition) is 1. The first kappa shape index (κ1) is 19.1. The van der Waals surface area contributed by atoms with Gasteiger partial charge in [0.2, 0.25) is 0 Å². The van der Waals surface area contributed by atoms with Crippen LogP contribution < -0.4 is 9.47 Å². The van der Waals surface area contributed by atoms with E-state index in [2.05, 4.69) is 9.97 Å². The van der Waals surface area contributed by atoms with Crippen LogP contribution in [0.25, 0.3) is 5.57 Å². The van der Waals surface area contributed by atoms with Crippen molar-refractivity contribution in [2.24, 2.45) is 0 Å². The highest BCUT2D eigenvalue weighted by Gasteiger charge is 2.17. The van der Waals surface area contributed by atoms with Gasteiger partial charge in [0.1, 0.15) is 17.2 Å². The van der Waals surface area contributed by atoms with E-state index in [4.69, 9.17) is 9.47 Å². The molecular weight excluding hydrogens is 356 g/mol. The molecular formula is C22H20N2O4. The van der Waals surface area contributed by atoms with E-state index in [9.17, 15) is 9.90 Å². The number of aliphatic carboxylic acids is 1. The number of hydrogen-bond acceptors (Lipinski definition) is 5. The van der Waals surface area contributed by atoms with Crippen molar-refractivity contribution >= 4 is 11.5 Å². The van der Waals surface area contributed by atoms with Crippen molar-refractivity contribution in [3.8, 4) is 23.3 Å². The van der Waals surface area contributed by atoms with Gasteiger partial charge < -0.3 is 14.6 Å². The minimum atomic E-state index is -0.996. The molecule has 0 atom stereocenters. The summed E-state index contributed by atoms with van der Waals surface area (Å²) in [7, 11) is 0. The van der Waals surface area contributed by atoms with Crippen molar-refractivity contribution in [2.75, 3.05) is 0 Å². The Bertz CT molecular complexity index is 1020. The molecule has 6 heteroatoms. The number of benzene rings is 2. The first-order chi connectivity index (χ1) is 13.4. The van der Waals surface area contributed by atoms with Gasteiger partial charge in [0.15, 0.2) is 0 Å². The van der Waals surface area contributed by atoms with Crippen LogP contribution in [0.4, 0.5) is 0 Å². The Morgan fingerprint density at radius 1 is 0.929 bits per heavy atom. The molecule has 0 bridgehead atoms. The predicted octanol–water partition coefficient (Wildman–Crippen LogP) is 5.25. The number of carboxylic acid groups (broad SMARTS) is 1. The van der Waals surface area contributed by atoms with Crippen LogP contribution in [-0.4, -0.2) is 21.0 Å². The summed E-state index contributed by atoms with van der Waals surface area (Å²) in [5.41, 5.74) is 2.37. The third kappa shape index (κ3) is 4.54. The fourth-order valence-corrected chi connectivity index (χ4v) is 2.63. The third-order valence-electron chi connectivity index (χ3n) is 3.87. The van der Waals surface area contributed by atoms with E-state index in [1.54, 1.807) is 74.8 Å². The zero-order valence-corrected chi connectivity index (χ0v) is 15.8. The predicted molar refractivity (Wildman–Crippen MR) is 106 cm³/mol. The van der Waals surface area contributed by atoms with E-state index in [-0.39, 0.29) is 11.6 Å². The van der Waals surface area contributed by atoms with Crippen LogP contribution in [0.2, 0.25) is 0 Å². The van der Waals surface area contributed by atoms with Crippen molar-refractivity contribution in [2.45, 2.75) is 20.8 Å². The Morgan fingerprint density at radius 2 is 1.57 bits per heavy atom. The van der Waals surface area contributed by atoms with Gasteiger partial charge in [0.25, 0.3) is 0 Å². The summed E-state index contributed by atoms with van der Waals surface area (Å²) >= 11 is 0. The smallest absolute Gasteiger partial charge is 0.336 e. The Morgan fingerprint density at radius 3 is 2.21 bits per heavy atom. The largest absolute Gasteiger partial charge is 0.478 e. The SMILES string of the molecule is CC(C)=C(C(=O)O)c1ccccc1Oc1cccc(Oc2ncc(C)cn2)c1. The van der Waals surface area contributed by atoms with E-state index in [0.29, 0.717) is 28.4 Å². The Balaban J connectivity index is 1.88. The summed E-state index contributed by atoms with van der Waals surface area (Å²) in [4.78, 5) is 19.9. The van der Waals surface area contributed by atoms with Crippen molar-refractivity contribution in [3.63, 3.8) is 0 Å². The standard InChI is InChI=1S/C22H20N2O4/c1-14(2)20(21(25)26)18-9-4-5-10-19(18)27-16-7-6-8-17(11-16)28-22-23-12-15(3)13-24-22/h4-13H,1-3H3,(H,25,26). The van der Waals surface area contributed by atoms with Crippen molar-refractivity contribution in [3.05, 3.63) is 77.6 Å². The topological polar surface area (TPSA) is 81.5 Å². The number of rotatable bonds is 6. The molecule has 0 saturated carbocycles. The number of nitrogens with zero attached hydrogens (tertiary/aromatic N) is 2. The number of carboxylic acids is 1. The number of carbonyl (C=O) groups is 1. The quantitative estimate of drug-likeness (QED) is 0.592. The molecule has 28 heavy (non-hydrogen) atoms. The maximum atomic E-state index is 11.7. The van der Waals surface area contributed by atoms with E-state index in [1.807, 2.05) is 6.92 Å². The minimum absolute atomic E-state index is 0.219. The summed E-state index contributed by atoms with van der Waals surface area (Å²) in [6.07, 6.45) is 3.34. The summed E-state index contributed by atoms with van der Waals surface area (Å²) in [5, 5.41) is 9.57. The lowest BCUT2D eigenvalue weighted by atomic mass is 10.0. The van der Waals surface area contributed by atoms with Gasteiger partial charge in [-0.05, 0) is 44.5 Å². The van der Waals surface area contributed by atoms with Crippen LogP contribution in [-0.2, 0) is 4.79 Å². The molecule has 1 aromatic heterocycles. The fourth-order valence-electron chi connectivity index (χ4n) is 2.63. The van der Waals surface area contributed by atoms with Gasteiger partial charge in [0, 0.05) is 24.0 Å². The number of para-hydroxylation sites is 1. The molecule has 0 aliphatic heterocycles. The summed E-state index contributed by atoms with van der Waals surface area (Å²) in [6, 6.07) is 14.3.